The second-order valence-corrected chi connectivity index (χ2v) is 6.94. The number of rotatable bonds is 8. The van der Waals surface area contributed by atoms with Gasteiger partial charge in [-0.25, -0.2) is 5.84 Å². The van der Waals surface area contributed by atoms with E-state index in [0.717, 1.165) is 25.0 Å². The van der Waals surface area contributed by atoms with Crippen LogP contribution in [0.15, 0.2) is 18.2 Å². The molecule has 28 heavy (non-hydrogen) atoms. The van der Waals surface area contributed by atoms with Crippen LogP contribution in [0, 0.1) is 0 Å². The minimum Gasteiger partial charge on any atom is -0.493 e. The molecule has 2 fully saturated rings. The predicted octanol–water partition coefficient (Wildman–Crippen LogP) is -0.0666. The molecular weight excluding hydrogens is 364 g/mol. The molecule has 2 amide bonds. The molecular formula is C19H28N4O5. The first kappa shape index (κ1) is 20.4. The van der Waals surface area contributed by atoms with Gasteiger partial charge in [-0.2, -0.15) is 0 Å². The summed E-state index contributed by atoms with van der Waals surface area (Å²) in [5.41, 5.74) is 2.99. The lowest BCUT2D eigenvalue weighted by molar-refractivity contribution is -0.134. The highest BCUT2D eigenvalue weighted by Crippen LogP contribution is 2.33. The number of methoxy groups -OCH3 is 1. The van der Waals surface area contributed by atoms with Crippen molar-refractivity contribution < 1.29 is 23.8 Å². The van der Waals surface area contributed by atoms with Crippen molar-refractivity contribution in [3.05, 3.63) is 23.8 Å². The summed E-state index contributed by atoms with van der Waals surface area (Å²) in [7, 11) is 1.60. The van der Waals surface area contributed by atoms with Crippen LogP contribution in [-0.2, 0) is 20.9 Å². The van der Waals surface area contributed by atoms with Gasteiger partial charge in [-0.1, -0.05) is 12.1 Å². The maximum absolute atomic E-state index is 12.3. The first-order chi connectivity index (χ1) is 13.6. The summed E-state index contributed by atoms with van der Waals surface area (Å²) >= 11 is 0. The minimum absolute atomic E-state index is 0.00158. The largest absolute Gasteiger partial charge is 0.493 e. The monoisotopic (exact) mass is 392 g/mol. The number of carbonyl (C=O) groups excluding carboxylic acids is 2. The summed E-state index contributed by atoms with van der Waals surface area (Å²) in [5.74, 6) is 5.91. The second kappa shape index (κ2) is 9.72. The molecule has 4 N–H and O–H groups in total. The Bertz CT molecular complexity index is 693. The Kier molecular flexibility index (Phi) is 7.07. The smallest absolute Gasteiger partial charge is 0.237 e. The van der Waals surface area contributed by atoms with Gasteiger partial charge in [0.2, 0.25) is 11.8 Å². The summed E-state index contributed by atoms with van der Waals surface area (Å²) in [5, 5.41) is 2.80. The molecule has 9 nitrogen and oxygen atoms in total. The number of piperazine rings is 1. The van der Waals surface area contributed by atoms with E-state index in [1.54, 1.807) is 7.11 Å². The number of nitrogens with zero attached hydrogens (tertiary/aromatic N) is 1. The number of nitrogens with one attached hydrogen (secondary N) is 2. The third-order valence-electron chi connectivity index (χ3n) is 5.07. The Morgan fingerprint density at radius 2 is 2.32 bits per heavy atom. The molecule has 2 atom stereocenters. The quantitative estimate of drug-likeness (QED) is 0.322. The number of hydrogen-bond donors (Lipinski definition) is 3. The van der Waals surface area contributed by atoms with Gasteiger partial charge in [0, 0.05) is 31.8 Å². The van der Waals surface area contributed by atoms with Gasteiger partial charge in [0.25, 0.3) is 0 Å². The van der Waals surface area contributed by atoms with Crippen molar-refractivity contribution in [1.82, 2.24) is 15.6 Å². The molecule has 0 aliphatic carbocycles. The molecule has 1 aromatic carbocycles. The Hall–Kier alpha value is -2.36. The van der Waals surface area contributed by atoms with Crippen LogP contribution in [-0.4, -0.2) is 62.3 Å². The molecule has 2 saturated heterocycles. The average Bonchev–Trinajstić information content (AvgIpc) is 3.22. The van der Waals surface area contributed by atoms with Crippen molar-refractivity contribution in [3.63, 3.8) is 0 Å². The topological polar surface area (TPSA) is 115 Å². The summed E-state index contributed by atoms with van der Waals surface area (Å²) in [6.45, 7) is 2.81. The molecule has 0 radical (unpaired) electrons. The van der Waals surface area contributed by atoms with Crippen LogP contribution in [0.4, 0.5) is 0 Å². The van der Waals surface area contributed by atoms with Crippen LogP contribution in [0.2, 0.25) is 0 Å². The Morgan fingerprint density at radius 3 is 3.04 bits per heavy atom. The molecule has 0 spiro atoms. The first-order valence-corrected chi connectivity index (χ1v) is 9.54. The number of benzene rings is 1. The Balaban J connectivity index is 1.77. The van der Waals surface area contributed by atoms with E-state index in [-0.39, 0.29) is 24.3 Å². The maximum atomic E-state index is 12.3. The van der Waals surface area contributed by atoms with Gasteiger partial charge in [-0.3, -0.25) is 19.9 Å². The standard InChI is InChI=1S/C19H28N4O5/c1-26-16-6-2-4-13(18(16)28-12-14-5-3-9-27-14)11-23-8-7-21-19(25)15(23)10-17(24)22-20/h2,4,6,14-15H,3,5,7-12,20H2,1H3,(H,21,25)(H,22,24). The minimum atomic E-state index is -0.588. The van der Waals surface area contributed by atoms with Crippen LogP contribution in [0.3, 0.4) is 0 Å². The molecule has 0 aromatic heterocycles. The lowest BCUT2D eigenvalue weighted by Crippen LogP contribution is -2.56. The fraction of sp³-hybridized carbons (Fsp3) is 0.579. The zero-order valence-corrected chi connectivity index (χ0v) is 16.1. The number of carbonyl (C=O) groups is 2. The zero-order valence-electron chi connectivity index (χ0n) is 16.1. The Labute approximate surface area is 164 Å². The number of hydrogen-bond acceptors (Lipinski definition) is 7. The van der Waals surface area contributed by atoms with E-state index in [0.29, 0.717) is 37.7 Å². The normalized spacial score (nSPS) is 22.6. The first-order valence-electron chi connectivity index (χ1n) is 9.54. The van der Waals surface area contributed by atoms with Crippen LogP contribution >= 0.6 is 0 Å². The molecule has 1 aromatic rings. The Morgan fingerprint density at radius 1 is 1.46 bits per heavy atom. The fourth-order valence-electron chi connectivity index (χ4n) is 3.59. The molecule has 2 unspecified atom stereocenters. The maximum Gasteiger partial charge on any atom is 0.237 e. The van der Waals surface area contributed by atoms with Crippen LogP contribution < -0.4 is 26.1 Å². The molecule has 9 heteroatoms. The summed E-state index contributed by atoms with van der Waals surface area (Å²) in [6, 6.07) is 5.09. The van der Waals surface area contributed by atoms with Gasteiger partial charge >= 0.3 is 0 Å². The highest BCUT2D eigenvalue weighted by atomic mass is 16.5. The van der Waals surface area contributed by atoms with E-state index in [9.17, 15) is 9.59 Å². The molecule has 0 bridgehead atoms. The number of para-hydroxylation sites is 1. The van der Waals surface area contributed by atoms with Crippen molar-refractivity contribution in [2.45, 2.75) is 38.0 Å². The molecule has 154 valence electrons. The van der Waals surface area contributed by atoms with Crippen molar-refractivity contribution in [1.29, 1.82) is 0 Å². The molecule has 2 heterocycles. The van der Waals surface area contributed by atoms with E-state index in [2.05, 4.69) is 10.7 Å². The lowest BCUT2D eigenvalue weighted by Gasteiger charge is -2.35. The van der Waals surface area contributed by atoms with Gasteiger partial charge in [0.05, 0.1) is 25.7 Å². The molecule has 2 aliphatic rings. The van der Waals surface area contributed by atoms with Gasteiger partial charge < -0.3 is 19.5 Å². The van der Waals surface area contributed by atoms with Gasteiger partial charge in [-0.15, -0.1) is 0 Å². The van der Waals surface area contributed by atoms with Crippen molar-refractivity contribution >= 4 is 11.8 Å². The average molecular weight is 392 g/mol. The highest BCUT2D eigenvalue weighted by Gasteiger charge is 2.32. The number of amides is 2. The van der Waals surface area contributed by atoms with Gasteiger partial charge in [0.1, 0.15) is 6.61 Å². The van der Waals surface area contributed by atoms with Crippen LogP contribution in [0.25, 0.3) is 0 Å². The van der Waals surface area contributed by atoms with E-state index >= 15 is 0 Å². The van der Waals surface area contributed by atoms with E-state index < -0.39 is 6.04 Å². The lowest BCUT2D eigenvalue weighted by atomic mass is 10.1. The molecule has 2 aliphatic heterocycles. The van der Waals surface area contributed by atoms with Crippen LogP contribution in [0.5, 0.6) is 11.5 Å². The third-order valence-corrected chi connectivity index (χ3v) is 5.07. The summed E-state index contributed by atoms with van der Waals surface area (Å²) in [6.07, 6.45) is 2.10. The highest BCUT2D eigenvalue weighted by molar-refractivity contribution is 5.88. The zero-order chi connectivity index (χ0) is 19.9. The molecule has 3 rings (SSSR count). The third kappa shape index (κ3) is 4.92. The van der Waals surface area contributed by atoms with Crippen molar-refractivity contribution in [2.75, 3.05) is 33.4 Å². The second-order valence-electron chi connectivity index (χ2n) is 6.94. The van der Waals surface area contributed by atoms with Gasteiger partial charge in [-0.05, 0) is 18.9 Å². The summed E-state index contributed by atoms with van der Waals surface area (Å²) in [4.78, 5) is 26.0. The number of nitrogens with two attached hydrogens (primary N) is 1. The van der Waals surface area contributed by atoms with Crippen LogP contribution in [0.1, 0.15) is 24.8 Å². The van der Waals surface area contributed by atoms with E-state index in [1.807, 2.05) is 23.1 Å². The van der Waals surface area contributed by atoms with E-state index in [1.165, 1.54) is 0 Å². The van der Waals surface area contributed by atoms with E-state index in [4.69, 9.17) is 20.1 Å². The van der Waals surface area contributed by atoms with Gasteiger partial charge in [0.15, 0.2) is 11.5 Å². The summed E-state index contributed by atoms with van der Waals surface area (Å²) < 4.78 is 17.2. The van der Waals surface area contributed by atoms with Crippen molar-refractivity contribution in [3.8, 4) is 11.5 Å². The molecule has 0 saturated carbocycles. The van der Waals surface area contributed by atoms with Crippen molar-refractivity contribution in [2.24, 2.45) is 5.84 Å². The number of ether oxygens (including phenoxy) is 3. The predicted molar refractivity (Wildman–Crippen MR) is 102 cm³/mol. The SMILES string of the molecule is COc1cccc(CN2CCNC(=O)C2CC(=O)NN)c1OCC1CCCO1. The number of hydrazine groups is 1. The fourth-order valence-corrected chi connectivity index (χ4v) is 3.59.